The number of benzene rings is 1. The number of nitriles is 1. The van der Waals surface area contributed by atoms with Crippen LogP contribution in [-0.2, 0) is 11.2 Å². The summed E-state index contributed by atoms with van der Waals surface area (Å²) in [7, 11) is 1.76. The molecule has 0 radical (unpaired) electrons. The zero-order valence-corrected chi connectivity index (χ0v) is 9.31. The molecule has 0 N–H and O–H groups in total. The fraction of sp³-hybridized carbons (Fsp3) is 0.385. The predicted molar refractivity (Wildman–Crippen MR) is 60.8 cm³/mol. The van der Waals surface area contributed by atoms with Gasteiger partial charge in [-0.3, -0.25) is 4.79 Å². The van der Waals surface area contributed by atoms with Crippen molar-refractivity contribution in [2.75, 3.05) is 13.6 Å². The Kier molecular flexibility index (Phi) is 2.91. The maximum atomic E-state index is 12.0. The van der Waals surface area contributed by atoms with Crippen molar-refractivity contribution in [3.05, 3.63) is 35.4 Å². The molecule has 1 atom stereocenters. The van der Waals surface area contributed by atoms with Gasteiger partial charge in [0.1, 0.15) is 0 Å². The topological polar surface area (TPSA) is 44.1 Å². The number of hydrogen-bond acceptors (Lipinski definition) is 2. The van der Waals surface area contributed by atoms with Gasteiger partial charge in [-0.15, -0.1) is 0 Å². The van der Waals surface area contributed by atoms with Crippen LogP contribution in [0.15, 0.2) is 24.3 Å². The summed E-state index contributed by atoms with van der Waals surface area (Å²) in [5, 5.41) is 8.48. The van der Waals surface area contributed by atoms with Gasteiger partial charge in [0.05, 0.1) is 18.4 Å². The lowest BCUT2D eigenvalue weighted by molar-refractivity contribution is -0.132. The molecule has 0 aliphatic heterocycles. The fourth-order valence-electron chi connectivity index (χ4n) is 2.07. The second kappa shape index (κ2) is 4.36. The molecule has 82 valence electrons. The van der Waals surface area contributed by atoms with Crippen LogP contribution in [-0.4, -0.2) is 24.4 Å². The molecule has 3 nitrogen and oxygen atoms in total. The lowest BCUT2D eigenvalue weighted by Crippen LogP contribution is -2.37. The van der Waals surface area contributed by atoms with E-state index in [1.54, 1.807) is 11.9 Å². The zero-order chi connectivity index (χ0) is 11.5. The number of amides is 1. The second-order valence-electron chi connectivity index (χ2n) is 4.12. The molecular weight excluding hydrogens is 200 g/mol. The molecular formula is C13H14N2O. The fourth-order valence-corrected chi connectivity index (χ4v) is 2.07. The molecule has 0 heterocycles. The van der Waals surface area contributed by atoms with Crippen LogP contribution in [0.1, 0.15) is 23.5 Å². The van der Waals surface area contributed by atoms with E-state index in [0.29, 0.717) is 13.0 Å². The Balaban J connectivity index is 2.02. The number of hydrogen-bond donors (Lipinski definition) is 0. The Morgan fingerprint density at radius 3 is 3.00 bits per heavy atom. The number of rotatable bonds is 3. The molecule has 1 amide bonds. The Morgan fingerprint density at radius 2 is 2.31 bits per heavy atom. The maximum absolute atomic E-state index is 12.0. The highest BCUT2D eigenvalue weighted by Gasteiger charge is 2.33. The van der Waals surface area contributed by atoms with Crippen LogP contribution in [0, 0.1) is 11.3 Å². The minimum Gasteiger partial charge on any atom is -0.344 e. The van der Waals surface area contributed by atoms with E-state index in [1.807, 2.05) is 18.2 Å². The largest absolute Gasteiger partial charge is 0.344 e. The molecule has 0 saturated heterocycles. The number of carbonyl (C=O) groups is 1. The van der Waals surface area contributed by atoms with Gasteiger partial charge in [0.25, 0.3) is 0 Å². The molecule has 2 rings (SSSR count). The Bertz CT molecular complexity index is 447. The molecule has 0 bridgehead atoms. The van der Waals surface area contributed by atoms with Crippen LogP contribution >= 0.6 is 0 Å². The van der Waals surface area contributed by atoms with E-state index in [0.717, 1.165) is 12.0 Å². The summed E-state index contributed by atoms with van der Waals surface area (Å²) in [5.41, 5.74) is 2.42. The highest BCUT2D eigenvalue weighted by atomic mass is 16.2. The van der Waals surface area contributed by atoms with Crippen molar-refractivity contribution >= 4 is 5.91 Å². The molecule has 0 aromatic heterocycles. The lowest BCUT2D eigenvalue weighted by atomic mass is 9.77. The molecule has 0 fully saturated rings. The highest BCUT2D eigenvalue weighted by Crippen LogP contribution is 2.35. The van der Waals surface area contributed by atoms with Gasteiger partial charge in [-0.2, -0.15) is 5.26 Å². The number of fused-ring (bicyclic) bond motifs is 1. The molecule has 3 heteroatoms. The standard InChI is InChI=1S/C13H14N2O/c1-15(8-4-7-14)13(16)12-9-10-5-2-3-6-11(10)12/h2-3,5-6,12H,4,8-9H2,1H3. The Hall–Kier alpha value is -1.82. The Labute approximate surface area is 95.3 Å². The van der Waals surface area contributed by atoms with E-state index >= 15 is 0 Å². The van der Waals surface area contributed by atoms with Crippen LogP contribution in [0.25, 0.3) is 0 Å². The first-order valence-corrected chi connectivity index (χ1v) is 5.43. The monoisotopic (exact) mass is 214 g/mol. The molecule has 1 unspecified atom stereocenters. The number of carbonyl (C=O) groups excluding carboxylic acids is 1. The van der Waals surface area contributed by atoms with E-state index in [9.17, 15) is 4.79 Å². The van der Waals surface area contributed by atoms with Gasteiger partial charge < -0.3 is 4.90 Å². The third-order valence-corrected chi connectivity index (χ3v) is 3.09. The summed E-state index contributed by atoms with van der Waals surface area (Å²) in [6, 6.07) is 10.1. The average Bonchev–Trinajstić information content (AvgIpc) is 2.27. The van der Waals surface area contributed by atoms with E-state index in [4.69, 9.17) is 5.26 Å². The minimum atomic E-state index is 0.0138. The van der Waals surface area contributed by atoms with Gasteiger partial charge in [0.2, 0.25) is 5.91 Å². The van der Waals surface area contributed by atoms with Crippen molar-refractivity contribution < 1.29 is 4.79 Å². The van der Waals surface area contributed by atoms with Gasteiger partial charge in [-0.1, -0.05) is 24.3 Å². The number of likely N-dealkylation sites (N-methyl/N-ethyl adjacent to an activating group) is 1. The SMILES string of the molecule is CN(CCC#N)C(=O)C1Cc2ccccc21. The van der Waals surface area contributed by atoms with Gasteiger partial charge in [0.15, 0.2) is 0 Å². The summed E-state index contributed by atoms with van der Waals surface area (Å²) in [4.78, 5) is 13.7. The summed E-state index contributed by atoms with van der Waals surface area (Å²) < 4.78 is 0. The Morgan fingerprint density at radius 1 is 1.56 bits per heavy atom. The van der Waals surface area contributed by atoms with Gasteiger partial charge in [0, 0.05) is 13.6 Å². The van der Waals surface area contributed by atoms with E-state index < -0.39 is 0 Å². The molecule has 1 aliphatic carbocycles. The molecule has 1 aliphatic rings. The second-order valence-corrected chi connectivity index (χ2v) is 4.12. The minimum absolute atomic E-state index is 0.0138. The van der Waals surface area contributed by atoms with Crippen molar-refractivity contribution in [3.8, 4) is 6.07 Å². The van der Waals surface area contributed by atoms with Gasteiger partial charge in [-0.25, -0.2) is 0 Å². The van der Waals surface area contributed by atoms with Gasteiger partial charge in [-0.05, 0) is 17.5 Å². The predicted octanol–water partition coefficient (Wildman–Crippen LogP) is 1.70. The first-order chi connectivity index (χ1) is 7.74. The average molecular weight is 214 g/mol. The smallest absolute Gasteiger partial charge is 0.230 e. The summed E-state index contributed by atoms with van der Waals surface area (Å²) in [5.74, 6) is 0.147. The van der Waals surface area contributed by atoms with Crippen molar-refractivity contribution in [1.29, 1.82) is 5.26 Å². The first-order valence-electron chi connectivity index (χ1n) is 5.43. The molecule has 1 aromatic rings. The highest BCUT2D eigenvalue weighted by molar-refractivity contribution is 5.86. The van der Waals surface area contributed by atoms with Crippen LogP contribution < -0.4 is 0 Å². The van der Waals surface area contributed by atoms with Crippen LogP contribution in [0.4, 0.5) is 0 Å². The van der Waals surface area contributed by atoms with Crippen LogP contribution in [0.2, 0.25) is 0 Å². The van der Waals surface area contributed by atoms with Crippen molar-refractivity contribution in [3.63, 3.8) is 0 Å². The van der Waals surface area contributed by atoms with Crippen molar-refractivity contribution in [2.24, 2.45) is 0 Å². The normalized spacial score (nSPS) is 16.9. The quantitative estimate of drug-likeness (QED) is 0.768. The molecule has 1 aromatic carbocycles. The van der Waals surface area contributed by atoms with Crippen molar-refractivity contribution in [2.45, 2.75) is 18.8 Å². The lowest BCUT2D eigenvalue weighted by Gasteiger charge is -2.32. The summed E-state index contributed by atoms with van der Waals surface area (Å²) in [6.07, 6.45) is 1.24. The van der Waals surface area contributed by atoms with Crippen LogP contribution in [0.3, 0.4) is 0 Å². The summed E-state index contributed by atoms with van der Waals surface area (Å²) >= 11 is 0. The number of nitrogens with zero attached hydrogens (tertiary/aromatic N) is 2. The maximum Gasteiger partial charge on any atom is 0.230 e. The van der Waals surface area contributed by atoms with Gasteiger partial charge >= 0.3 is 0 Å². The third kappa shape index (κ3) is 1.79. The molecule has 0 saturated carbocycles. The summed E-state index contributed by atoms with van der Waals surface area (Å²) in [6.45, 7) is 0.522. The van der Waals surface area contributed by atoms with E-state index in [2.05, 4.69) is 12.1 Å². The van der Waals surface area contributed by atoms with Crippen molar-refractivity contribution in [1.82, 2.24) is 4.90 Å². The molecule has 16 heavy (non-hydrogen) atoms. The van der Waals surface area contributed by atoms with Crippen LogP contribution in [0.5, 0.6) is 0 Å². The third-order valence-electron chi connectivity index (χ3n) is 3.09. The van der Waals surface area contributed by atoms with E-state index in [-0.39, 0.29) is 11.8 Å². The van der Waals surface area contributed by atoms with E-state index in [1.165, 1.54) is 5.56 Å². The molecule has 0 spiro atoms. The first kappa shape index (κ1) is 10.7. The zero-order valence-electron chi connectivity index (χ0n) is 9.31.